The Bertz CT molecular complexity index is 414. The van der Waals surface area contributed by atoms with Crippen molar-refractivity contribution in [2.75, 3.05) is 11.9 Å². The molecule has 0 saturated heterocycles. The SMILES string of the molecule is C#CCCCCNC(=O)Nc1ccncc1F. The first-order valence-electron chi connectivity index (χ1n) is 5.32. The summed E-state index contributed by atoms with van der Waals surface area (Å²) in [6, 6.07) is 0.962. The zero-order chi connectivity index (χ0) is 12.5. The van der Waals surface area contributed by atoms with Gasteiger partial charge in [0.1, 0.15) is 0 Å². The van der Waals surface area contributed by atoms with E-state index in [1.54, 1.807) is 0 Å². The molecule has 2 amide bonds. The highest BCUT2D eigenvalue weighted by atomic mass is 19.1. The number of rotatable bonds is 5. The molecule has 0 saturated carbocycles. The molecule has 90 valence electrons. The van der Waals surface area contributed by atoms with Gasteiger partial charge in [0.25, 0.3) is 0 Å². The number of pyridine rings is 1. The number of unbranched alkanes of at least 4 members (excludes halogenated alkanes) is 2. The molecule has 0 unspecified atom stereocenters. The average Bonchev–Trinajstić information content (AvgIpc) is 2.32. The van der Waals surface area contributed by atoms with Crippen molar-refractivity contribution in [3.8, 4) is 12.3 Å². The number of carbonyl (C=O) groups excluding carboxylic acids is 1. The van der Waals surface area contributed by atoms with Crippen molar-refractivity contribution >= 4 is 11.7 Å². The number of terminal acetylenes is 1. The molecule has 5 heteroatoms. The first kappa shape index (κ1) is 13.0. The molecule has 0 radical (unpaired) electrons. The summed E-state index contributed by atoms with van der Waals surface area (Å²) in [5.41, 5.74) is 0.112. The fraction of sp³-hybridized carbons (Fsp3) is 0.333. The lowest BCUT2D eigenvalue weighted by molar-refractivity contribution is 0.252. The Morgan fingerprint density at radius 1 is 1.53 bits per heavy atom. The smallest absolute Gasteiger partial charge is 0.319 e. The predicted octanol–water partition coefficient (Wildman–Crippen LogP) is 2.15. The van der Waals surface area contributed by atoms with Crippen LogP contribution in [0.4, 0.5) is 14.9 Å². The molecule has 2 N–H and O–H groups in total. The molecule has 17 heavy (non-hydrogen) atoms. The van der Waals surface area contributed by atoms with Gasteiger partial charge in [0.05, 0.1) is 11.9 Å². The van der Waals surface area contributed by atoms with Crippen molar-refractivity contribution in [2.45, 2.75) is 19.3 Å². The molecule has 1 aromatic heterocycles. The van der Waals surface area contributed by atoms with E-state index in [9.17, 15) is 9.18 Å². The molecule has 0 atom stereocenters. The van der Waals surface area contributed by atoms with E-state index < -0.39 is 11.8 Å². The zero-order valence-corrected chi connectivity index (χ0v) is 9.37. The maximum atomic E-state index is 13.1. The highest BCUT2D eigenvalue weighted by Gasteiger charge is 2.05. The van der Waals surface area contributed by atoms with E-state index in [-0.39, 0.29) is 5.69 Å². The van der Waals surface area contributed by atoms with Gasteiger partial charge in [-0.05, 0) is 18.9 Å². The molecule has 0 aliphatic carbocycles. The van der Waals surface area contributed by atoms with Crippen molar-refractivity contribution in [1.82, 2.24) is 10.3 Å². The van der Waals surface area contributed by atoms with Crippen molar-refractivity contribution in [3.05, 3.63) is 24.3 Å². The van der Waals surface area contributed by atoms with Gasteiger partial charge in [-0.2, -0.15) is 0 Å². The summed E-state index contributed by atoms with van der Waals surface area (Å²) >= 11 is 0. The third kappa shape index (κ3) is 4.98. The molecule has 0 aliphatic rings. The standard InChI is InChI=1S/C12H14FN3O/c1-2-3-4-5-7-15-12(17)16-11-6-8-14-9-10(11)13/h1,6,8-9H,3-5,7H2,(H2,14,15,16,17). The Morgan fingerprint density at radius 3 is 3.06 bits per heavy atom. The number of amides is 2. The molecule has 0 spiro atoms. The Labute approximate surface area is 99.6 Å². The Balaban J connectivity index is 2.26. The Kier molecular flexibility index (Phi) is 5.52. The third-order valence-electron chi connectivity index (χ3n) is 2.05. The van der Waals surface area contributed by atoms with Gasteiger partial charge in [-0.3, -0.25) is 4.98 Å². The van der Waals surface area contributed by atoms with Crippen molar-refractivity contribution < 1.29 is 9.18 Å². The minimum atomic E-state index is -0.560. The minimum Gasteiger partial charge on any atom is -0.338 e. The monoisotopic (exact) mass is 235 g/mol. The third-order valence-corrected chi connectivity index (χ3v) is 2.05. The maximum absolute atomic E-state index is 13.1. The summed E-state index contributed by atoms with van der Waals surface area (Å²) in [5, 5.41) is 5.01. The second kappa shape index (κ2) is 7.23. The van der Waals surface area contributed by atoms with Crippen LogP contribution in [0.15, 0.2) is 18.5 Å². The van der Waals surface area contributed by atoms with E-state index in [1.807, 2.05) is 0 Å². The molecular weight excluding hydrogens is 221 g/mol. The van der Waals surface area contributed by atoms with Crippen LogP contribution in [0.5, 0.6) is 0 Å². The van der Waals surface area contributed by atoms with Gasteiger partial charge in [0.2, 0.25) is 0 Å². The number of hydrogen-bond acceptors (Lipinski definition) is 2. The first-order valence-corrected chi connectivity index (χ1v) is 5.32. The summed E-state index contributed by atoms with van der Waals surface area (Å²) in [6.45, 7) is 0.514. The second-order valence-electron chi connectivity index (χ2n) is 3.40. The van der Waals surface area contributed by atoms with Crippen molar-refractivity contribution in [3.63, 3.8) is 0 Å². The van der Waals surface area contributed by atoms with Gasteiger partial charge in [-0.15, -0.1) is 12.3 Å². The number of hydrogen-bond donors (Lipinski definition) is 2. The van der Waals surface area contributed by atoms with E-state index in [4.69, 9.17) is 6.42 Å². The Hall–Kier alpha value is -2.09. The first-order chi connectivity index (χ1) is 8.24. The normalized spacial score (nSPS) is 9.41. The van der Waals surface area contributed by atoms with E-state index in [0.717, 1.165) is 19.0 Å². The predicted molar refractivity (Wildman–Crippen MR) is 63.9 cm³/mol. The molecule has 0 aliphatic heterocycles. The van der Waals surface area contributed by atoms with Crippen LogP contribution < -0.4 is 10.6 Å². The summed E-state index contributed by atoms with van der Waals surface area (Å²) in [6.07, 6.45) is 9.90. The average molecular weight is 235 g/mol. The fourth-order valence-corrected chi connectivity index (χ4v) is 1.20. The molecule has 0 fully saturated rings. The van der Waals surface area contributed by atoms with Crippen LogP contribution in [0, 0.1) is 18.2 Å². The molecule has 0 aromatic carbocycles. The van der Waals surface area contributed by atoms with E-state index >= 15 is 0 Å². The fourth-order valence-electron chi connectivity index (χ4n) is 1.20. The maximum Gasteiger partial charge on any atom is 0.319 e. The molecule has 1 aromatic rings. The lowest BCUT2D eigenvalue weighted by Crippen LogP contribution is -2.29. The van der Waals surface area contributed by atoms with Gasteiger partial charge in [0, 0.05) is 19.2 Å². The van der Waals surface area contributed by atoms with Crippen LogP contribution in [-0.2, 0) is 0 Å². The van der Waals surface area contributed by atoms with Crippen LogP contribution in [0.1, 0.15) is 19.3 Å². The number of aromatic nitrogens is 1. The van der Waals surface area contributed by atoms with Gasteiger partial charge in [-0.25, -0.2) is 9.18 Å². The molecule has 1 heterocycles. The molecule has 1 rings (SSSR count). The van der Waals surface area contributed by atoms with Gasteiger partial charge < -0.3 is 10.6 Å². The highest BCUT2D eigenvalue weighted by molar-refractivity contribution is 5.89. The number of urea groups is 1. The van der Waals surface area contributed by atoms with Gasteiger partial charge in [-0.1, -0.05) is 0 Å². The van der Waals surface area contributed by atoms with Crippen molar-refractivity contribution in [2.24, 2.45) is 0 Å². The van der Waals surface area contributed by atoms with Crippen LogP contribution in [-0.4, -0.2) is 17.6 Å². The van der Waals surface area contributed by atoms with E-state index in [1.165, 1.54) is 12.3 Å². The topological polar surface area (TPSA) is 54.0 Å². The lowest BCUT2D eigenvalue weighted by Gasteiger charge is -2.07. The summed E-state index contributed by atoms with van der Waals surface area (Å²) in [5.74, 6) is 1.96. The van der Waals surface area contributed by atoms with Gasteiger partial charge in [0.15, 0.2) is 5.82 Å². The van der Waals surface area contributed by atoms with Gasteiger partial charge >= 0.3 is 6.03 Å². The number of nitrogens with zero attached hydrogens (tertiary/aromatic N) is 1. The molecule has 0 bridgehead atoms. The summed E-state index contributed by atoms with van der Waals surface area (Å²) in [7, 11) is 0. The van der Waals surface area contributed by atoms with Crippen LogP contribution in [0.2, 0.25) is 0 Å². The number of halogens is 1. The van der Waals surface area contributed by atoms with E-state index in [2.05, 4.69) is 21.5 Å². The largest absolute Gasteiger partial charge is 0.338 e. The quantitative estimate of drug-likeness (QED) is 0.607. The summed E-state index contributed by atoms with van der Waals surface area (Å²) < 4.78 is 13.1. The zero-order valence-electron chi connectivity index (χ0n) is 9.37. The Morgan fingerprint density at radius 2 is 2.35 bits per heavy atom. The van der Waals surface area contributed by atoms with Crippen LogP contribution >= 0.6 is 0 Å². The number of carbonyl (C=O) groups is 1. The summed E-state index contributed by atoms with van der Waals surface area (Å²) in [4.78, 5) is 14.9. The van der Waals surface area contributed by atoms with Crippen LogP contribution in [0.25, 0.3) is 0 Å². The van der Waals surface area contributed by atoms with Crippen LogP contribution in [0.3, 0.4) is 0 Å². The molecule has 4 nitrogen and oxygen atoms in total. The molecular formula is C12H14FN3O. The highest BCUT2D eigenvalue weighted by Crippen LogP contribution is 2.10. The van der Waals surface area contributed by atoms with E-state index in [0.29, 0.717) is 13.0 Å². The number of anilines is 1. The lowest BCUT2D eigenvalue weighted by atomic mass is 10.2. The second-order valence-corrected chi connectivity index (χ2v) is 3.40. The minimum absolute atomic E-state index is 0.112. The number of nitrogens with one attached hydrogen (secondary N) is 2. The van der Waals surface area contributed by atoms with Crippen molar-refractivity contribution in [1.29, 1.82) is 0 Å².